The first kappa shape index (κ1) is 14.0. The van der Waals surface area contributed by atoms with Crippen molar-refractivity contribution in [2.75, 3.05) is 20.2 Å². The molecule has 0 amide bonds. The summed E-state index contributed by atoms with van der Waals surface area (Å²) in [5.74, 6) is 1.85. The van der Waals surface area contributed by atoms with Crippen LogP contribution in [0.4, 0.5) is 0 Å². The lowest BCUT2D eigenvalue weighted by Gasteiger charge is -2.28. The van der Waals surface area contributed by atoms with Gasteiger partial charge in [0.2, 0.25) is 0 Å². The minimum atomic E-state index is 0.0207. The number of hydrogen-bond donors (Lipinski definition) is 1. The first-order valence-corrected chi connectivity index (χ1v) is 6.79. The molecule has 1 N–H and O–H groups in total. The van der Waals surface area contributed by atoms with Gasteiger partial charge in [0.1, 0.15) is 0 Å². The van der Waals surface area contributed by atoms with Gasteiger partial charge < -0.3 is 10.1 Å². The van der Waals surface area contributed by atoms with Gasteiger partial charge >= 0.3 is 0 Å². The molecule has 2 unspecified atom stereocenters. The summed E-state index contributed by atoms with van der Waals surface area (Å²) in [7, 11) is 1.79. The van der Waals surface area contributed by atoms with Crippen LogP contribution < -0.4 is 5.32 Å². The van der Waals surface area contributed by atoms with E-state index >= 15 is 0 Å². The van der Waals surface area contributed by atoms with Crippen LogP contribution in [0.1, 0.15) is 52.9 Å². The second kappa shape index (κ2) is 6.61. The zero-order chi connectivity index (χ0) is 12.0. The molecule has 0 aromatic heterocycles. The third kappa shape index (κ3) is 5.31. The maximum Gasteiger partial charge on any atom is 0.0634 e. The van der Waals surface area contributed by atoms with Crippen molar-refractivity contribution >= 4 is 0 Å². The number of hydrogen-bond acceptors (Lipinski definition) is 2. The van der Waals surface area contributed by atoms with Crippen LogP contribution in [0.25, 0.3) is 0 Å². The van der Waals surface area contributed by atoms with Crippen molar-refractivity contribution in [3.63, 3.8) is 0 Å². The Bertz CT molecular complexity index is 191. The average Bonchev–Trinajstić information content (AvgIpc) is 2.25. The molecule has 0 radical (unpaired) electrons. The molecule has 0 heterocycles. The zero-order valence-electron chi connectivity index (χ0n) is 11.5. The highest BCUT2D eigenvalue weighted by atomic mass is 16.5. The quantitative estimate of drug-likeness (QED) is 0.704. The van der Waals surface area contributed by atoms with Gasteiger partial charge in [-0.1, -0.05) is 19.8 Å². The Hall–Kier alpha value is -0.0800. The molecular weight excluding hydrogens is 198 g/mol. The van der Waals surface area contributed by atoms with E-state index in [1.807, 2.05) is 0 Å². The van der Waals surface area contributed by atoms with E-state index in [9.17, 15) is 0 Å². The molecule has 0 bridgehead atoms. The number of ether oxygens (including phenoxy) is 1. The highest BCUT2D eigenvalue weighted by molar-refractivity contribution is 4.74. The van der Waals surface area contributed by atoms with Gasteiger partial charge in [0.05, 0.1) is 5.60 Å². The molecule has 0 spiro atoms. The summed E-state index contributed by atoms with van der Waals surface area (Å²) in [6.07, 6.45) is 6.79. The number of rotatable bonds is 6. The second-order valence-electron chi connectivity index (χ2n) is 6.06. The second-order valence-corrected chi connectivity index (χ2v) is 6.06. The van der Waals surface area contributed by atoms with E-state index in [4.69, 9.17) is 4.74 Å². The predicted molar refractivity (Wildman–Crippen MR) is 69.7 cm³/mol. The van der Waals surface area contributed by atoms with Crippen LogP contribution in [0.3, 0.4) is 0 Å². The smallest absolute Gasteiger partial charge is 0.0634 e. The first-order chi connectivity index (χ1) is 7.53. The number of nitrogens with one attached hydrogen (secondary N) is 1. The molecule has 96 valence electrons. The Morgan fingerprint density at radius 1 is 1.31 bits per heavy atom. The molecule has 2 atom stereocenters. The van der Waals surface area contributed by atoms with Crippen molar-refractivity contribution in [1.82, 2.24) is 5.32 Å². The van der Waals surface area contributed by atoms with E-state index in [1.54, 1.807) is 7.11 Å². The van der Waals surface area contributed by atoms with Gasteiger partial charge in [-0.2, -0.15) is 0 Å². The summed E-state index contributed by atoms with van der Waals surface area (Å²) in [5.41, 5.74) is 0.0207. The van der Waals surface area contributed by atoms with Gasteiger partial charge in [0.25, 0.3) is 0 Å². The van der Waals surface area contributed by atoms with Crippen molar-refractivity contribution in [3.8, 4) is 0 Å². The summed E-state index contributed by atoms with van der Waals surface area (Å²) in [5, 5.41) is 3.59. The van der Waals surface area contributed by atoms with Crippen molar-refractivity contribution in [3.05, 3.63) is 0 Å². The summed E-state index contributed by atoms with van der Waals surface area (Å²) in [6.45, 7) is 8.96. The van der Waals surface area contributed by atoms with Gasteiger partial charge in [-0.3, -0.25) is 0 Å². The fraction of sp³-hybridized carbons (Fsp3) is 1.00. The molecule has 2 nitrogen and oxygen atoms in total. The van der Waals surface area contributed by atoms with Crippen LogP contribution in [0.2, 0.25) is 0 Å². The maximum atomic E-state index is 5.41. The van der Waals surface area contributed by atoms with Crippen molar-refractivity contribution in [2.45, 2.75) is 58.5 Å². The standard InChI is InChI=1S/C14H29NO/c1-12-6-5-7-13(10-12)11-15-9-8-14(2,3)16-4/h12-13,15H,5-11H2,1-4H3. The third-order valence-corrected chi connectivity index (χ3v) is 3.93. The summed E-state index contributed by atoms with van der Waals surface area (Å²) in [6, 6.07) is 0. The molecule has 1 aliphatic carbocycles. The van der Waals surface area contributed by atoms with Crippen molar-refractivity contribution in [1.29, 1.82) is 0 Å². The van der Waals surface area contributed by atoms with Crippen LogP contribution in [-0.4, -0.2) is 25.8 Å². The topological polar surface area (TPSA) is 21.3 Å². The van der Waals surface area contributed by atoms with Crippen LogP contribution in [0, 0.1) is 11.8 Å². The minimum absolute atomic E-state index is 0.0207. The number of methoxy groups -OCH3 is 1. The molecule has 0 aliphatic heterocycles. The van der Waals surface area contributed by atoms with Crippen molar-refractivity contribution < 1.29 is 4.74 Å². The summed E-state index contributed by atoms with van der Waals surface area (Å²) >= 11 is 0. The Labute approximate surface area is 101 Å². The summed E-state index contributed by atoms with van der Waals surface area (Å²) < 4.78 is 5.41. The highest BCUT2D eigenvalue weighted by Gasteiger charge is 2.19. The largest absolute Gasteiger partial charge is 0.379 e. The molecule has 1 rings (SSSR count). The summed E-state index contributed by atoms with van der Waals surface area (Å²) in [4.78, 5) is 0. The monoisotopic (exact) mass is 227 g/mol. The molecule has 0 aromatic rings. The van der Waals surface area contributed by atoms with E-state index < -0.39 is 0 Å². The lowest BCUT2D eigenvalue weighted by Crippen LogP contribution is -2.32. The third-order valence-electron chi connectivity index (χ3n) is 3.93. The van der Waals surface area contributed by atoms with E-state index in [2.05, 4.69) is 26.1 Å². The molecule has 1 saturated carbocycles. The van der Waals surface area contributed by atoms with Gasteiger partial charge in [0.15, 0.2) is 0 Å². The van der Waals surface area contributed by atoms with Gasteiger partial charge in [-0.25, -0.2) is 0 Å². The Morgan fingerprint density at radius 3 is 2.69 bits per heavy atom. The van der Waals surface area contributed by atoms with Gasteiger partial charge in [-0.05, 0) is 58.0 Å². The maximum absolute atomic E-state index is 5.41. The van der Waals surface area contributed by atoms with Gasteiger partial charge in [-0.15, -0.1) is 0 Å². The first-order valence-electron chi connectivity index (χ1n) is 6.79. The lowest BCUT2D eigenvalue weighted by molar-refractivity contribution is 0.0156. The lowest BCUT2D eigenvalue weighted by atomic mass is 9.82. The van der Waals surface area contributed by atoms with Crippen LogP contribution in [0.5, 0.6) is 0 Å². The molecule has 2 heteroatoms. The van der Waals surface area contributed by atoms with E-state index in [-0.39, 0.29) is 5.60 Å². The molecule has 1 fully saturated rings. The van der Waals surface area contributed by atoms with E-state index in [1.165, 1.54) is 32.2 Å². The predicted octanol–water partition coefficient (Wildman–Crippen LogP) is 3.22. The van der Waals surface area contributed by atoms with E-state index in [0.29, 0.717) is 0 Å². The zero-order valence-corrected chi connectivity index (χ0v) is 11.5. The van der Waals surface area contributed by atoms with Crippen LogP contribution in [0.15, 0.2) is 0 Å². The molecule has 0 aromatic carbocycles. The molecule has 16 heavy (non-hydrogen) atoms. The molecular formula is C14H29NO. The normalized spacial score (nSPS) is 27.0. The Balaban J connectivity index is 2.06. The van der Waals surface area contributed by atoms with Gasteiger partial charge in [0, 0.05) is 7.11 Å². The SMILES string of the molecule is COC(C)(C)CCNCC1CCCC(C)C1. The van der Waals surface area contributed by atoms with Crippen LogP contribution in [-0.2, 0) is 4.74 Å². The Kier molecular flexibility index (Phi) is 5.77. The fourth-order valence-corrected chi connectivity index (χ4v) is 2.54. The fourth-order valence-electron chi connectivity index (χ4n) is 2.54. The average molecular weight is 227 g/mol. The van der Waals surface area contributed by atoms with Crippen molar-refractivity contribution in [2.24, 2.45) is 11.8 Å². The minimum Gasteiger partial charge on any atom is -0.379 e. The molecule has 0 saturated heterocycles. The van der Waals surface area contributed by atoms with E-state index in [0.717, 1.165) is 24.8 Å². The highest BCUT2D eigenvalue weighted by Crippen LogP contribution is 2.27. The Morgan fingerprint density at radius 2 is 2.06 bits per heavy atom. The molecule has 1 aliphatic rings. The van der Waals surface area contributed by atoms with Crippen LogP contribution >= 0.6 is 0 Å².